The Morgan fingerprint density at radius 2 is 2.19 bits per heavy atom. The maximum absolute atomic E-state index is 11.9. The summed E-state index contributed by atoms with van der Waals surface area (Å²) in [7, 11) is 1.44. The lowest BCUT2D eigenvalue weighted by molar-refractivity contribution is -0.120. The highest BCUT2D eigenvalue weighted by molar-refractivity contribution is 7.22. The summed E-state index contributed by atoms with van der Waals surface area (Å²) in [5, 5.41) is 26.0. The van der Waals surface area contributed by atoms with Crippen LogP contribution in [0.15, 0.2) is 41.6 Å². The van der Waals surface area contributed by atoms with E-state index in [2.05, 4.69) is 15.5 Å². The van der Waals surface area contributed by atoms with E-state index in [1.54, 1.807) is 30.3 Å². The van der Waals surface area contributed by atoms with Gasteiger partial charge in [0.1, 0.15) is 5.75 Å². The molecule has 1 aromatic heterocycles. The molecule has 9 heteroatoms. The number of oxime groups is 1. The zero-order chi connectivity index (χ0) is 18.5. The normalized spacial score (nSPS) is 11.0. The summed E-state index contributed by atoms with van der Waals surface area (Å²) in [6, 6.07) is 9.69. The van der Waals surface area contributed by atoms with Gasteiger partial charge in [0.15, 0.2) is 23.2 Å². The van der Waals surface area contributed by atoms with Crippen LogP contribution in [0.5, 0.6) is 17.2 Å². The number of methoxy groups -OCH3 is 1. The zero-order valence-corrected chi connectivity index (χ0v) is 14.5. The first kappa shape index (κ1) is 17.5. The number of nitrogens with one attached hydrogen (secondary N) is 1. The highest BCUT2D eigenvalue weighted by atomic mass is 32.1. The number of carbonyl (C=O) groups is 1. The fraction of sp³-hybridized carbons (Fsp3) is 0.118. The quantitative estimate of drug-likeness (QED) is 0.452. The number of hydrogen-bond donors (Lipinski definition) is 3. The van der Waals surface area contributed by atoms with Crippen molar-refractivity contribution in [2.45, 2.75) is 0 Å². The molecule has 2 aromatic carbocycles. The number of rotatable bonds is 6. The summed E-state index contributed by atoms with van der Waals surface area (Å²) in [6.45, 7) is -0.317. The van der Waals surface area contributed by atoms with Crippen molar-refractivity contribution in [2.24, 2.45) is 5.16 Å². The van der Waals surface area contributed by atoms with E-state index in [0.717, 1.165) is 4.70 Å². The largest absolute Gasteiger partial charge is 0.508 e. The van der Waals surface area contributed by atoms with E-state index in [4.69, 9.17) is 9.57 Å². The van der Waals surface area contributed by atoms with Gasteiger partial charge in [-0.3, -0.25) is 10.1 Å². The Bertz CT molecular complexity index is 970. The molecule has 0 atom stereocenters. The van der Waals surface area contributed by atoms with Crippen LogP contribution in [0.1, 0.15) is 5.56 Å². The number of fused-ring (bicyclic) bond motifs is 1. The molecule has 3 aromatic rings. The van der Waals surface area contributed by atoms with Gasteiger partial charge in [0, 0.05) is 5.56 Å². The summed E-state index contributed by atoms with van der Waals surface area (Å²) in [4.78, 5) is 21.0. The molecule has 1 amide bonds. The molecule has 134 valence electrons. The van der Waals surface area contributed by atoms with Crippen molar-refractivity contribution in [3.8, 4) is 17.2 Å². The highest BCUT2D eigenvalue weighted by Gasteiger charge is 2.09. The molecule has 0 aliphatic rings. The predicted molar refractivity (Wildman–Crippen MR) is 98.1 cm³/mol. The first-order chi connectivity index (χ1) is 12.6. The van der Waals surface area contributed by atoms with Gasteiger partial charge in [-0.25, -0.2) is 4.98 Å². The van der Waals surface area contributed by atoms with Gasteiger partial charge in [0.2, 0.25) is 0 Å². The number of para-hydroxylation sites is 1. The SMILES string of the molecule is COc1cccc(/C=N/OCC(=O)Nc2nc3ccc(O)cc3s2)c1O. The van der Waals surface area contributed by atoms with Crippen molar-refractivity contribution in [1.82, 2.24) is 4.98 Å². The molecule has 0 bridgehead atoms. The number of phenols is 2. The molecule has 0 aliphatic carbocycles. The molecule has 8 nitrogen and oxygen atoms in total. The van der Waals surface area contributed by atoms with Crippen LogP contribution in [-0.4, -0.2) is 41.0 Å². The number of thiazole rings is 1. The summed E-state index contributed by atoms with van der Waals surface area (Å²) < 4.78 is 5.75. The van der Waals surface area contributed by atoms with Crippen LogP contribution in [0.3, 0.4) is 0 Å². The monoisotopic (exact) mass is 373 g/mol. The first-order valence-electron chi connectivity index (χ1n) is 7.47. The van der Waals surface area contributed by atoms with Crippen LogP contribution in [0, 0.1) is 0 Å². The van der Waals surface area contributed by atoms with E-state index in [-0.39, 0.29) is 18.1 Å². The van der Waals surface area contributed by atoms with Crippen LogP contribution in [0.2, 0.25) is 0 Å². The summed E-state index contributed by atoms with van der Waals surface area (Å²) in [5.74, 6) is -0.0455. The number of aromatic nitrogens is 1. The predicted octanol–water partition coefficient (Wildman–Crippen LogP) is 2.71. The minimum absolute atomic E-state index is 0.0653. The summed E-state index contributed by atoms with van der Waals surface area (Å²) in [6.07, 6.45) is 1.28. The number of carbonyl (C=O) groups excluding carboxylic acids is 1. The van der Waals surface area contributed by atoms with E-state index in [0.29, 0.717) is 22.0 Å². The van der Waals surface area contributed by atoms with Crippen LogP contribution < -0.4 is 10.1 Å². The summed E-state index contributed by atoms with van der Waals surface area (Å²) in [5.41, 5.74) is 1.08. The Kier molecular flexibility index (Phi) is 5.18. The van der Waals surface area contributed by atoms with Gasteiger partial charge in [0.25, 0.3) is 5.91 Å². The average Bonchev–Trinajstić information content (AvgIpc) is 3.01. The van der Waals surface area contributed by atoms with Crippen molar-refractivity contribution in [1.29, 1.82) is 0 Å². The van der Waals surface area contributed by atoms with E-state index < -0.39 is 5.91 Å². The molecular formula is C17H15N3O5S. The molecule has 0 spiro atoms. The van der Waals surface area contributed by atoms with Gasteiger partial charge in [-0.1, -0.05) is 22.6 Å². The van der Waals surface area contributed by atoms with Crippen molar-refractivity contribution >= 4 is 38.8 Å². The smallest absolute Gasteiger partial charge is 0.266 e. The van der Waals surface area contributed by atoms with Gasteiger partial charge >= 0.3 is 0 Å². The van der Waals surface area contributed by atoms with Crippen LogP contribution in [0.25, 0.3) is 10.2 Å². The Hall–Kier alpha value is -3.33. The van der Waals surface area contributed by atoms with E-state index >= 15 is 0 Å². The Morgan fingerprint density at radius 3 is 3.00 bits per heavy atom. The minimum atomic E-state index is -0.430. The average molecular weight is 373 g/mol. The Morgan fingerprint density at radius 1 is 1.35 bits per heavy atom. The minimum Gasteiger partial charge on any atom is -0.508 e. The van der Waals surface area contributed by atoms with Crippen molar-refractivity contribution in [3.63, 3.8) is 0 Å². The topological polar surface area (TPSA) is 113 Å². The standard InChI is InChI=1S/C17H15N3O5S/c1-24-13-4-2-3-10(16(13)23)8-18-25-9-15(22)20-17-19-12-6-5-11(21)7-14(12)26-17/h2-8,21,23H,9H2,1H3,(H,19,20,22)/b18-8+. The van der Waals surface area contributed by atoms with E-state index in [9.17, 15) is 15.0 Å². The van der Waals surface area contributed by atoms with Gasteiger partial charge in [-0.05, 0) is 30.3 Å². The molecule has 0 aliphatic heterocycles. The van der Waals surface area contributed by atoms with Gasteiger partial charge in [-0.2, -0.15) is 0 Å². The van der Waals surface area contributed by atoms with Crippen LogP contribution in [-0.2, 0) is 9.63 Å². The number of hydrogen-bond acceptors (Lipinski definition) is 8. The third kappa shape index (κ3) is 4.01. The maximum atomic E-state index is 11.9. The fourth-order valence-corrected chi connectivity index (χ4v) is 3.04. The molecule has 0 saturated carbocycles. The molecule has 3 N–H and O–H groups in total. The van der Waals surface area contributed by atoms with Crippen molar-refractivity contribution < 1.29 is 24.6 Å². The van der Waals surface area contributed by atoms with Crippen LogP contribution >= 0.6 is 11.3 Å². The van der Waals surface area contributed by atoms with Crippen LogP contribution in [0.4, 0.5) is 5.13 Å². The number of aromatic hydroxyl groups is 2. The lowest BCUT2D eigenvalue weighted by atomic mass is 10.2. The fourth-order valence-electron chi connectivity index (χ4n) is 2.12. The number of benzene rings is 2. The number of nitrogens with zero attached hydrogens (tertiary/aromatic N) is 2. The molecule has 1 heterocycles. The number of ether oxygens (including phenoxy) is 1. The second-order valence-electron chi connectivity index (χ2n) is 5.13. The third-order valence-corrected chi connectivity index (χ3v) is 4.26. The number of amides is 1. The van der Waals surface area contributed by atoms with E-state index in [1.165, 1.54) is 30.7 Å². The highest BCUT2D eigenvalue weighted by Crippen LogP contribution is 2.29. The molecule has 26 heavy (non-hydrogen) atoms. The van der Waals surface area contributed by atoms with Gasteiger partial charge in [0.05, 0.1) is 23.5 Å². The maximum Gasteiger partial charge on any atom is 0.266 e. The first-order valence-corrected chi connectivity index (χ1v) is 8.29. The lowest BCUT2D eigenvalue weighted by Crippen LogP contribution is -2.16. The Labute approximate surface area is 152 Å². The second kappa shape index (κ2) is 7.70. The number of phenolic OH excluding ortho intramolecular Hbond substituents is 2. The molecule has 3 rings (SSSR count). The third-order valence-electron chi connectivity index (χ3n) is 3.33. The van der Waals surface area contributed by atoms with Crippen molar-refractivity contribution in [3.05, 3.63) is 42.0 Å². The molecule has 0 saturated heterocycles. The Balaban J connectivity index is 1.55. The lowest BCUT2D eigenvalue weighted by Gasteiger charge is -2.04. The number of anilines is 1. The molecule has 0 radical (unpaired) electrons. The molecular weight excluding hydrogens is 358 g/mol. The molecule has 0 unspecified atom stereocenters. The van der Waals surface area contributed by atoms with E-state index in [1.807, 2.05) is 0 Å². The van der Waals surface area contributed by atoms with Gasteiger partial charge in [-0.15, -0.1) is 0 Å². The van der Waals surface area contributed by atoms with Gasteiger partial charge < -0.3 is 19.8 Å². The summed E-state index contributed by atoms with van der Waals surface area (Å²) >= 11 is 1.24. The second-order valence-corrected chi connectivity index (χ2v) is 6.16. The molecule has 0 fully saturated rings. The zero-order valence-electron chi connectivity index (χ0n) is 13.7. The van der Waals surface area contributed by atoms with Crippen molar-refractivity contribution in [2.75, 3.05) is 19.0 Å².